The molecule has 1 aliphatic heterocycles. The highest BCUT2D eigenvalue weighted by Gasteiger charge is 2.21. The second-order valence-electron chi connectivity index (χ2n) is 3.50. The Balaban J connectivity index is 2.22. The summed E-state index contributed by atoms with van der Waals surface area (Å²) in [6.45, 7) is 6.40. The molecule has 0 amide bonds. The summed E-state index contributed by atoms with van der Waals surface area (Å²) >= 11 is 0. The lowest BCUT2D eigenvalue weighted by molar-refractivity contribution is 0.226. The lowest BCUT2D eigenvalue weighted by Gasteiger charge is -2.18. The summed E-state index contributed by atoms with van der Waals surface area (Å²) in [5.41, 5.74) is 2.48. The molecule has 0 radical (unpaired) electrons. The number of nitrogens with zero attached hydrogens (tertiary/aromatic N) is 3. The zero-order chi connectivity index (χ0) is 8.55. The predicted octanol–water partition coefficient (Wildman–Crippen LogP) is 1.20. The van der Waals surface area contributed by atoms with Gasteiger partial charge in [-0.15, -0.1) is 0 Å². The quantitative estimate of drug-likeness (QED) is 0.623. The van der Waals surface area contributed by atoms with Gasteiger partial charge in [-0.05, 0) is 25.5 Å². The number of fused-ring (bicyclic) bond motifs is 1. The third kappa shape index (κ3) is 1.20. The molecule has 0 fully saturated rings. The summed E-state index contributed by atoms with van der Waals surface area (Å²) in [4.78, 5) is 2.39. The first-order valence-electron chi connectivity index (χ1n) is 4.31. The zero-order valence-corrected chi connectivity index (χ0v) is 7.49. The lowest BCUT2D eigenvalue weighted by Crippen LogP contribution is -2.24. The number of hydrogen-bond acceptors (Lipinski definition) is 3. The molecule has 0 N–H and O–H groups in total. The van der Waals surface area contributed by atoms with Crippen LogP contribution in [0.2, 0.25) is 0 Å². The molecule has 2 heterocycles. The second kappa shape index (κ2) is 2.83. The molecular formula is C9H13N3. The number of rotatable bonds is 1. The van der Waals surface area contributed by atoms with Gasteiger partial charge in [0.1, 0.15) is 0 Å². The predicted molar refractivity (Wildman–Crippen MR) is 46.4 cm³/mol. The van der Waals surface area contributed by atoms with Gasteiger partial charge in [-0.2, -0.15) is 10.2 Å². The largest absolute Gasteiger partial charge is 0.291 e. The van der Waals surface area contributed by atoms with E-state index in [1.165, 1.54) is 5.56 Å². The van der Waals surface area contributed by atoms with Crippen LogP contribution in [0.25, 0.3) is 0 Å². The summed E-state index contributed by atoms with van der Waals surface area (Å²) in [7, 11) is 0. The molecule has 0 saturated heterocycles. The Bertz CT molecular complexity index is 258. The molecule has 0 aromatic carbocycles. The van der Waals surface area contributed by atoms with Crippen LogP contribution >= 0.6 is 0 Å². The van der Waals surface area contributed by atoms with E-state index in [-0.39, 0.29) is 0 Å². The van der Waals surface area contributed by atoms with Crippen molar-refractivity contribution in [3.8, 4) is 0 Å². The SMILES string of the molecule is CC(C)N1Cc2ccnnc2C1. The highest BCUT2D eigenvalue weighted by atomic mass is 15.2. The summed E-state index contributed by atoms with van der Waals surface area (Å²) in [5, 5.41) is 7.97. The highest BCUT2D eigenvalue weighted by Crippen LogP contribution is 2.20. The van der Waals surface area contributed by atoms with Crippen LogP contribution in [0.5, 0.6) is 0 Å². The molecule has 12 heavy (non-hydrogen) atoms. The second-order valence-corrected chi connectivity index (χ2v) is 3.50. The van der Waals surface area contributed by atoms with Crippen molar-refractivity contribution in [3.63, 3.8) is 0 Å². The van der Waals surface area contributed by atoms with Gasteiger partial charge in [-0.3, -0.25) is 4.90 Å². The van der Waals surface area contributed by atoms with Gasteiger partial charge < -0.3 is 0 Å². The molecule has 0 bridgehead atoms. The standard InChI is InChI=1S/C9H13N3/c1-7(2)12-5-8-3-4-10-11-9(8)6-12/h3-4,7H,5-6H2,1-2H3. The maximum Gasteiger partial charge on any atom is 0.0816 e. The Morgan fingerprint density at radius 2 is 2.25 bits per heavy atom. The van der Waals surface area contributed by atoms with Gasteiger partial charge in [-0.25, -0.2) is 0 Å². The van der Waals surface area contributed by atoms with Gasteiger partial charge >= 0.3 is 0 Å². The monoisotopic (exact) mass is 163 g/mol. The van der Waals surface area contributed by atoms with Gasteiger partial charge in [0.25, 0.3) is 0 Å². The molecule has 64 valence electrons. The number of hydrogen-bond donors (Lipinski definition) is 0. The minimum Gasteiger partial charge on any atom is -0.291 e. The molecule has 0 atom stereocenters. The molecule has 3 nitrogen and oxygen atoms in total. The van der Waals surface area contributed by atoms with E-state index < -0.39 is 0 Å². The molecule has 2 rings (SSSR count). The van der Waals surface area contributed by atoms with Crippen molar-refractivity contribution < 1.29 is 0 Å². The molecule has 0 saturated carbocycles. The molecule has 0 spiro atoms. The summed E-state index contributed by atoms with van der Waals surface area (Å²) in [5.74, 6) is 0. The summed E-state index contributed by atoms with van der Waals surface area (Å²) < 4.78 is 0. The van der Waals surface area contributed by atoms with Gasteiger partial charge in [0.05, 0.1) is 5.69 Å². The average Bonchev–Trinajstić information content (AvgIpc) is 2.46. The van der Waals surface area contributed by atoms with Crippen molar-refractivity contribution in [1.29, 1.82) is 0 Å². The van der Waals surface area contributed by atoms with E-state index in [0.29, 0.717) is 6.04 Å². The fourth-order valence-electron chi connectivity index (χ4n) is 1.50. The fourth-order valence-corrected chi connectivity index (χ4v) is 1.50. The van der Waals surface area contributed by atoms with Crippen LogP contribution in [0.1, 0.15) is 25.1 Å². The van der Waals surface area contributed by atoms with Gasteiger partial charge in [0.2, 0.25) is 0 Å². The minimum atomic E-state index is 0.596. The van der Waals surface area contributed by atoms with E-state index in [1.54, 1.807) is 6.20 Å². The first kappa shape index (κ1) is 7.68. The van der Waals surface area contributed by atoms with Crippen molar-refractivity contribution >= 4 is 0 Å². The van der Waals surface area contributed by atoms with Crippen molar-refractivity contribution in [1.82, 2.24) is 15.1 Å². The van der Waals surface area contributed by atoms with E-state index in [2.05, 4.69) is 35.0 Å². The van der Waals surface area contributed by atoms with Gasteiger partial charge in [-0.1, -0.05) is 0 Å². The average molecular weight is 163 g/mol. The Morgan fingerprint density at radius 1 is 1.42 bits per heavy atom. The van der Waals surface area contributed by atoms with Crippen LogP contribution < -0.4 is 0 Å². The zero-order valence-electron chi connectivity index (χ0n) is 7.49. The maximum atomic E-state index is 4.10. The van der Waals surface area contributed by atoms with Crippen molar-refractivity contribution in [3.05, 3.63) is 23.5 Å². The highest BCUT2D eigenvalue weighted by molar-refractivity contribution is 5.21. The smallest absolute Gasteiger partial charge is 0.0816 e. The molecule has 3 heteroatoms. The van der Waals surface area contributed by atoms with Crippen LogP contribution in [0, 0.1) is 0 Å². The molecule has 0 aliphatic carbocycles. The topological polar surface area (TPSA) is 29.0 Å². The first-order valence-corrected chi connectivity index (χ1v) is 4.31. The molecule has 1 aliphatic rings. The van der Waals surface area contributed by atoms with Crippen LogP contribution in [-0.4, -0.2) is 21.1 Å². The molecular weight excluding hydrogens is 150 g/mol. The van der Waals surface area contributed by atoms with E-state index in [0.717, 1.165) is 18.8 Å². The van der Waals surface area contributed by atoms with E-state index in [9.17, 15) is 0 Å². The van der Waals surface area contributed by atoms with E-state index in [1.807, 2.05) is 0 Å². The minimum absolute atomic E-state index is 0.596. The van der Waals surface area contributed by atoms with Crippen molar-refractivity contribution in [2.45, 2.75) is 33.0 Å². The first-order chi connectivity index (χ1) is 5.77. The third-order valence-corrected chi connectivity index (χ3v) is 2.35. The Labute approximate surface area is 72.4 Å². The van der Waals surface area contributed by atoms with E-state index >= 15 is 0 Å². The third-order valence-electron chi connectivity index (χ3n) is 2.35. The van der Waals surface area contributed by atoms with Crippen molar-refractivity contribution in [2.75, 3.05) is 0 Å². The van der Waals surface area contributed by atoms with Crippen molar-refractivity contribution in [2.24, 2.45) is 0 Å². The summed E-state index contributed by atoms with van der Waals surface area (Å²) in [6, 6.07) is 2.66. The van der Waals surface area contributed by atoms with Gasteiger partial charge in [0, 0.05) is 25.3 Å². The molecule has 1 aromatic rings. The van der Waals surface area contributed by atoms with Crippen LogP contribution in [0.3, 0.4) is 0 Å². The Morgan fingerprint density at radius 3 is 2.92 bits per heavy atom. The Hall–Kier alpha value is -0.960. The lowest BCUT2D eigenvalue weighted by atomic mass is 10.2. The fraction of sp³-hybridized carbons (Fsp3) is 0.556. The number of aromatic nitrogens is 2. The van der Waals surface area contributed by atoms with Gasteiger partial charge in [0.15, 0.2) is 0 Å². The van der Waals surface area contributed by atoms with Crippen LogP contribution in [0.4, 0.5) is 0 Å². The molecule has 1 aromatic heterocycles. The Kier molecular flexibility index (Phi) is 1.81. The normalized spacial score (nSPS) is 16.9. The summed E-state index contributed by atoms with van der Waals surface area (Å²) in [6.07, 6.45) is 1.77. The molecule has 0 unspecified atom stereocenters. The maximum absolute atomic E-state index is 4.10. The van der Waals surface area contributed by atoms with Crippen LogP contribution in [-0.2, 0) is 13.1 Å². The van der Waals surface area contributed by atoms with E-state index in [4.69, 9.17) is 0 Å². The van der Waals surface area contributed by atoms with Crippen LogP contribution in [0.15, 0.2) is 12.3 Å².